The minimum absolute atomic E-state index is 0.785. The monoisotopic (exact) mass is 557 g/mol. The van der Waals surface area contributed by atoms with Crippen molar-refractivity contribution in [3.8, 4) is 11.1 Å². The third-order valence-corrected chi connectivity index (χ3v) is 8.39. The molecule has 164 valence electrons. The summed E-state index contributed by atoms with van der Waals surface area (Å²) in [5, 5.41) is 0. The van der Waals surface area contributed by atoms with Gasteiger partial charge in [-0.2, -0.15) is 0 Å². The van der Waals surface area contributed by atoms with Crippen LogP contribution in [0.2, 0.25) is 0 Å². The molecule has 1 saturated carbocycles. The highest BCUT2D eigenvalue weighted by atomic mass is 79.9. The Labute approximate surface area is 212 Å². The van der Waals surface area contributed by atoms with Crippen LogP contribution in [0, 0.1) is 6.92 Å². The average Bonchev–Trinajstić information content (AvgIpc) is 3.45. The summed E-state index contributed by atoms with van der Waals surface area (Å²) in [5.41, 5.74) is 10.8. The molecule has 0 aromatic heterocycles. The Hall–Kier alpha value is -2.36. The molecule has 1 nitrogen and oxygen atoms in total. The van der Waals surface area contributed by atoms with Crippen LogP contribution in [0.3, 0.4) is 0 Å². The van der Waals surface area contributed by atoms with Gasteiger partial charge in [-0.3, -0.25) is 0 Å². The van der Waals surface area contributed by atoms with E-state index in [4.69, 9.17) is 0 Å². The maximum atomic E-state index is 3.57. The molecule has 2 aliphatic rings. The van der Waals surface area contributed by atoms with Gasteiger partial charge >= 0.3 is 0 Å². The quantitative estimate of drug-likeness (QED) is 0.241. The fourth-order valence-electron chi connectivity index (χ4n) is 5.84. The van der Waals surface area contributed by atoms with E-state index in [9.17, 15) is 0 Å². The number of hydrogen-bond acceptors (Lipinski definition) is 1. The van der Waals surface area contributed by atoms with Crippen molar-refractivity contribution >= 4 is 48.9 Å². The summed E-state index contributed by atoms with van der Waals surface area (Å²) in [6, 6.07) is 30.9. The molecule has 0 radical (unpaired) electrons. The number of benzene rings is 4. The van der Waals surface area contributed by atoms with Crippen LogP contribution in [0.1, 0.15) is 47.8 Å². The second-order valence-electron chi connectivity index (χ2n) is 9.34. The number of nitrogens with zero attached hydrogens (tertiary/aromatic N) is 1. The first kappa shape index (κ1) is 21.2. The summed E-state index contributed by atoms with van der Waals surface area (Å²) >= 11 is 7.13. The molecule has 2 atom stereocenters. The van der Waals surface area contributed by atoms with E-state index < -0.39 is 0 Å². The molecule has 1 fully saturated rings. The van der Waals surface area contributed by atoms with Gasteiger partial charge in [0.2, 0.25) is 0 Å². The summed E-state index contributed by atoms with van der Waals surface area (Å²) < 4.78 is 2.16. The van der Waals surface area contributed by atoms with Crippen LogP contribution in [0.4, 0.5) is 17.1 Å². The standard InChI is InChI=1S/C30H25Br2N/c1-19-16-23(18-29-21-2-3-22(17-21)30(19)29)20-4-10-26(11-5-20)33(27-12-6-24(31)7-13-27)28-14-8-25(32)9-15-28/h4-16,18,21-22H,2-3,17H2,1H3. The Morgan fingerprint density at radius 2 is 1.15 bits per heavy atom. The highest BCUT2D eigenvalue weighted by Crippen LogP contribution is 2.54. The van der Waals surface area contributed by atoms with Crippen molar-refractivity contribution in [3.63, 3.8) is 0 Å². The van der Waals surface area contributed by atoms with Crippen LogP contribution >= 0.6 is 31.9 Å². The average molecular weight is 559 g/mol. The summed E-state index contributed by atoms with van der Waals surface area (Å²) in [4.78, 5) is 2.30. The number of hydrogen-bond donors (Lipinski definition) is 0. The summed E-state index contributed by atoms with van der Waals surface area (Å²) in [5.74, 6) is 1.60. The molecule has 33 heavy (non-hydrogen) atoms. The van der Waals surface area contributed by atoms with Crippen molar-refractivity contribution in [3.05, 3.63) is 111 Å². The van der Waals surface area contributed by atoms with Crippen molar-refractivity contribution in [1.29, 1.82) is 0 Å². The smallest absolute Gasteiger partial charge is 0.0462 e. The first-order valence-corrected chi connectivity index (χ1v) is 13.2. The van der Waals surface area contributed by atoms with Gasteiger partial charge in [-0.25, -0.2) is 0 Å². The minimum atomic E-state index is 0.785. The minimum Gasteiger partial charge on any atom is -0.311 e. The summed E-state index contributed by atoms with van der Waals surface area (Å²) in [6.45, 7) is 2.31. The topological polar surface area (TPSA) is 3.24 Å². The van der Waals surface area contributed by atoms with E-state index in [1.807, 2.05) is 0 Å². The zero-order valence-electron chi connectivity index (χ0n) is 18.6. The molecule has 0 heterocycles. The van der Waals surface area contributed by atoms with E-state index in [-0.39, 0.29) is 0 Å². The lowest BCUT2D eigenvalue weighted by molar-refractivity contribution is 0.714. The lowest BCUT2D eigenvalue weighted by Gasteiger charge is -2.26. The third-order valence-electron chi connectivity index (χ3n) is 7.33. The van der Waals surface area contributed by atoms with E-state index in [2.05, 4.69) is 129 Å². The SMILES string of the molecule is Cc1cc(-c2ccc(N(c3ccc(Br)cc3)c3ccc(Br)cc3)cc2)cc2c1C1CCC2C1. The predicted molar refractivity (Wildman–Crippen MR) is 146 cm³/mol. The largest absolute Gasteiger partial charge is 0.311 e. The predicted octanol–water partition coefficient (Wildman–Crippen LogP) is 10.0. The van der Waals surface area contributed by atoms with Gasteiger partial charge in [0.15, 0.2) is 0 Å². The highest BCUT2D eigenvalue weighted by Gasteiger charge is 2.37. The molecule has 2 unspecified atom stereocenters. The molecule has 4 aromatic carbocycles. The van der Waals surface area contributed by atoms with Gasteiger partial charge in [-0.15, -0.1) is 0 Å². The van der Waals surface area contributed by atoms with Crippen molar-refractivity contribution in [2.75, 3.05) is 4.90 Å². The molecule has 6 rings (SSSR count). The molecule has 3 heteroatoms. The van der Waals surface area contributed by atoms with Crippen molar-refractivity contribution in [2.45, 2.75) is 38.0 Å². The maximum Gasteiger partial charge on any atom is 0.0462 e. The van der Waals surface area contributed by atoms with Crippen LogP contribution in [0.15, 0.2) is 93.9 Å². The van der Waals surface area contributed by atoms with Crippen molar-refractivity contribution < 1.29 is 0 Å². The maximum absolute atomic E-state index is 3.57. The Bertz CT molecular complexity index is 1260. The van der Waals surface area contributed by atoms with E-state index in [1.165, 1.54) is 36.0 Å². The molecule has 0 saturated heterocycles. The second kappa shape index (κ2) is 8.45. The Kier molecular flexibility index (Phi) is 5.43. The van der Waals surface area contributed by atoms with Gasteiger partial charge in [0.25, 0.3) is 0 Å². The van der Waals surface area contributed by atoms with Gasteiger partial charge in [0.05, 0.1) is 0 Å². The van der Waals surface area contributed by atoms with Crippen LogP contribution in [-0.4, -0.2) is 0 Å². The molecule has 0 aliphatic heterocycles. The van der Waals surface area contributed by atoms with Crippen LogP contribution in [0.25, 0.3) is 11.1 Å². The highest BCUT2D eigenvalue weighted by molar-refractivity contribution is 9.10. The molecule has 0 N–H and O–H groups in total. The lowest BCUT2D eigenvalue weighted by atomic mass is 9.86. The Balaban J connectivity index is 1.38. The van der Waals surface area contributed by atoms with E-state index in [0.29, 0.717) is 0 Å². The lowest BCUT2D eigenvalue weighted by Crippen LogP contribution is -2.09. The van der Waals surface area contributed by atoms with Gasteiger partial charge in [0.1, 0.15) is 0 Å². The zero-order chi connectivity index (χ0) is 22.5. The number of rotatable bonds is 4. The number of aryl methyl sites for hydroxylation is 1. The van der Waals surface area contributed by atoms with E-state index in [0.717, 1.165) is 37.8 Å². The molecule has 0 spiro atoms. The first-order valence-electron chi connectivity index (χ1n) is 11.6. The number of fused-ring (bicyclic) bond motifs is 5. The summed E-state index contributed by atoms with van der Waals surface area (Å²) in [6.07, 6.45) is 4.12. The van der Waals surface area contributed by atoms with E-state index in [1.54, 1.807) is 11.1 Å². The zero-order valence-corrected chi connectivity index (χ0v) is 21.7. The first-order chi connectivity index (χ1) is 16.1. The molecule has 4 aromatic rings. The van der Waals surface area contributed by atoms with Crippen LogP contribution in [0.5, 0.6) is 0 Å². The van der Waals surface area contributed by atoms with Gasteiger partial charge in [-0.05, 0) is 127 Å². The van der Waals surface area contributed by atoms with Gasteiger partial charge in [-0.1, -0.05) is 56.1 Å². The van der Waals surface area contributed by atoms with Crippen LogP contribution < -0.4 is 4.90 Å². The second-order valence-corrected chi connectivity index (χ2v) is 11.2. The molecule has 2 bridgehead atoms. The summed E-state index contributed by atoms with van der Waals surface area (Å²) in [7, 11) is 0. The fourth-order valence-corrected chi connectivity index (χ4v) is 6.37. The fraction of sp³-hybridized carbons (Fsp3) is 0.200. The molecular formula is C30H25Br2N. The van der Waals surface area contributed by atoms with Crippen molar-refractivity contribution in [1.82, 2.24) is 0 Å². The van der Waals surface area contributed by atoms with Crippen molar-refractivity contribution in [2.24, 2.45) is 0 Å². The third kappa shape index (κ3) is 3.86. The molecule has 0 amide bonds. The van der Waals surface area contributed by atoms with Gasteiger partial charge < -0.3 is 4.90 Å². The Morgan fingerprint density at radius 3 is 1.73 bits per heavy atom. The molecule has 2 aliphatic carbocycles. The number of halogens is 2. The Morgan fingerprint density at radius 1 is 0.636 bits per heavy atom. The molecular weight excluding hydrogens is 534 g/mol. The van der Waals surface area contributed by atoms with Crippen LogP contribution in [-0.2, 0) is 0 Å². The van der Waals surface area contributed by atoms with Gasteiger partial charge in [0, 0.05) is 26.0 Å². The number of anilines is 3. The normalized spacial score (nSPS) is 18.4. The van der Waals surface area contributed by atoms with E-state index >= 15 is 0 Å².